The molecule has 0 radical (unpaired) electrons. The van der Waals surface area contributed by atoms with Crippen molar-refractivity contribution in [3.63, 3.8) is 0 Å². The van der Waals surface area contributed by atoms with Crippen LogP contribution < -0.4 is 5.32 Å². The Morgan fingerprint density at radius 1 is 1.35 bits per heavy atom. The topological polar surface area (TPSA) is 44.7 Å². The minimum absolute atomic E-state index is 0.218. The normalized spacial score (nSPS) is 16.8. The van der Waals surface area contributed by atoms with E-state index in [1.54, 1.807) is 7.11 Å². The van der Waals surface area contributed by atoms with Crippen molar-refractivity contribution in [3.05, 3.63) is 0 Å². The molecule has 1 aliphatic rings. The first kappa shape index (κ1) is 14.9. The molecule has 102 valence electrons. The molecule has 4 nitrogen and oxygen atoms in total. The number of hydrogen-bond donors (Lipinski definition) is 2. The summed E-state index contributed by atoms with van der Waals surface area (Å²) >= 11 is 0. The van der Waals surface area contributed by atoms with Crippen LogP contribution in [0.15, 0.2) is 0 Å². The maximum absolute atomic E-state index is 9.06. The molecule has 0 aromatic carbocycles. The Labute approximate surface area is 105 Å². The van der Waals surface area contributed by atoms with Crippen LogP contribution in [-0.4, -0.2) is 62.6 Å². The summed E-state index contributed by atoms with van der Waals surface area (Å²) in [5.74, 6) is 0. The predicted molar refractivity (Wildman–Crippen MR) is 70.2 cm³/mol. The third kappa shape index (κ3) is 6.99. The molecule has 0 saturated heterocycles. The van der Waals surface area contributed by atoms with Gasteiger partial charge in [0.05, 0.1) is 13.2 Å². The zero-order valence-electron chi connectivity index (χ0n) is 11.5. The highest BCUT2D eigenvalue weighted by atomic mass is 16.5. The Morgan fingerprint density at radius 3 is 2.59 bits per heavy atom. The highest BCUT2D eigenvalue weighted by Gasteiger charge is 2.26. The van der Waals surface area contributed by atoms with Gasteiger partial charge in [-0.25, -0.2) is 0 Å². The zero-order chi connectivity index (χ0) is 12.7. The molecule has 0 aromatic rings. The van der Waals surface area contributed by atoms with Crippen LogP contribution in [0.5, 0.6) is 0 Å². The van der Waals surface area contributed by atoms with Gasteiger partial charge in [0.1, 0.15) is 0 Å². The standard InChI is InChI=1S/C13H28N2O2/c1-13(2,10-14-12-4-5-12)11-15(6-8-16)7-9-17-3/h12,14,16H,4-11H2,1-3H3. The van der Waals surface area contributed by atoms with Crippen molar-refractivity contribution < 1.29 is 9.84 Å². The molecule has 0 bridgehead atoms. The first-order chi connectivity index (χ1) is 8.07. The Balaban J connectivity index is 2.27. The maximum atomic E-state index is 9.06. The molecule has 0 aromatic heterocycles. The Kier molecular flexibility index (Phi) is 6.41. The first-order valence-corrected chi connectivity index (χ1v) is 6.63. The second kappa shape index (κ2) is 7.31. The van der Waals surface area contributed by atoms with Crippen LogP contribution >= 0.6 is 0 Å². The van der Waals surface area contributed by atoms with Gasteiger partial charge in [0.25, 0.3) is 0 Å². The van der Waals surface area contributed by atoms with Crippen LogP contribution in [0.2, 0.25) is 0 Å². The van der Waals surface area contributed by atoms with Gasteiger partial charge in [0, 0.05) is 39.3 Å². The molecule has 17 heavy (non-hydrogen) atoms. The van der Waals surface area contributed by atoms with Crippen LogP contribution in [0.1, 0.15) is 26.7 Å². The number of aliphatic hydroxyl groups excluding tert-OH is 1. The number of ether oxygens (including phenoxy) is 1. The number of methoxy groups -OCH3 is 1. The van der Waals surface area contributed by atoms with Gasteiger partial charge in [-0.05, 0) is 18.3 Å². The molecule has 2 N–H and O–H groups in total. The van der Waals surface area contributed by atoms with E-state index in [0.29, 0.717) is 0 Å². The zero-order valence-corrected chi connectivity index (χ0v) is 11.5. The minimum Gasteiger partial charge on any atom is -0.395 e. The van der Waals surface area contributed by atoms with Gasteiger partial charge in [0.2, 0.25) is 0 Å². The lowest BCUT2D eigenvalue weighted by Gasteiger charge is -2.32. The Morgan fingerprint density at radius 2 is 2.06 bits per heavy atom. The van der Waals surface area contributed by atoms with E-state index in [-0.39, 0.29) is 12.0 Å². The van der Waals surface area contributed by atoms with Crippen molar-refractivity contribution in [3.8, 4) is 0 Å². The van der Waals surface area contributed by atoms with E-state index >= 15 is 0 Å². The fourth-order valence-electron chi connectivity index (χ4n) is 2.00. The molecule has 0 unspecified atom stereocenters. The molecule has 1 rings (SSSR count). The van der Waals surface area contributed by atoms with Gasteiger partial charge < -0.3 is 15.2 Å². The number of nitrogens with zero attached hydrogens (tertiary/aromatic N) is 1. The summed E-state index contributed by atoms with van der Waals surface area (Å²) in [7, 11) is 1.72. The van der Waals surface area contributed by atoms with E-state index < -0.39 is 0 Å². The number of aliphatic hydroxyl groups is 1. The molecular formula is C13H28N2O2. The van der Waals surface area contributed by atoms with E-state index in [1.165, 1.54) is 12.8 Å². The summed E-state index contributed by atoms with van der Waals surface area (Å²) in [5.41, 5.74) is 0.242. The van der Waals surface area contributed by atoms with E-state index in [4.69, 9.17) is 9.84 Å². The van der Waals surface area contributed by atoms with Crippen molar-refractivity contribution in [2.75, 3.05) is 46.5 Å². The summed E-state index contributed by atoms with van der Waals surface area (Å²) < 4.78 is 5.10. The average molecular weight is 244 g/mol. The van der Waals surface area contributed by atoms with Gasteiger partial charge >= 0.3 is 0 Å². The van der Waals surface area contributed by atoms with Gasteiger partial charge in [-0.1, -0.05) is 13.8 Å². The third-order valence-electron chi connectivity index (χ3n) is 3.13. The highest BCUT2D eigenvalue weighted by molar-refractivity contribution is 4.85. The fourth-order valence-corrected chi connectivity index (χ4v) is 2.00. The second-order valence-corrected chi connectivity index (χ2v) is 5.81. The minimum atomic E-state index is 0.218. The van der Waals surface area contributed by atoms with Crippen LogP contribution in [0.4, 0.5) is 0 Å². The van der Waals surface area contributed by atoms with Crippen molar-refractivity contribution in [1.29, 1.82) is 0 Å². The van der Waals surface area contributed by atoms with Crippen molar-refractivity contribution in [1.82, 2.24) is 10.2 Å². The summed E-state index contributed by atoms with van der Waals surface area (Å²) in [4.78, 5) is 2.28. The Bertz CT molecular complexity index is 206. The van der Waals surface area contributed by atoms with Gasteiger partial charge in [-0.15, -0.1) is 0 Å². The summed E-state index contributed by atoms with van der Waals surface area (Å²) in [6, 6.07) is 0.763. The summed E-state index contributed by atoms with van der Waals surface area (Å²) in [5, 5.41) is 12.6. The van der Waals surface area contributed by atoms with E-state index in [9.17, 15) is 0 Å². The van der Waals surface area contributed by atoms with Crippen molar-refractivity contribution in [2.24, 2.45) is 5.41 Å². The molecule has 0 heterocycles. The largest absolute Gasteiger partial charge is 0.395 e. The molecular weight excluding hydrogens is 216 g/mol. The third-order valence-corrected chi connectivity index (χ3v) is 3.13. The highest BCUT2D eigenvalue weighted by Crippen LogP contribution is 2.22. The van der Waals surface area contributed by atoms with Crippen LogP contribution in [0, 0.1) is 5.41 Å². The van der Waals surface area contributed by atoms with E-state index in [0.717, 1.165) is 38.8 Å². The van der Waals surface area contributed by atoms with E-state index in [1.807, 2.05) is 0 Å². The molecule has 1 fully saturated rings. The van der Waals surface area contributed by atoms with Gasteiger partial charge in [-0.3, -0.25) is 4.90 Å². The molecule has 0 aliphatic heterocycles. The summed E-state index contributed by atoms with van der Waals surface area (Å²) in [6.45, 7) is 9.17. The van der Waals surface area contributed by atoms with Crippen LogP contribution in [0.25, 0.3) is 0 Å². The molecule has 0 spiro atoms. The quantitative estimate of drug-likeness (QED) is 0.594. The number of rotatable bonds is 10. The average Bonchev–Trinajstić information content (AvgIpc) is 3.07. The smallest absolute Gasteiger partial charge is 0.0589 e. The molecule has 0 atom stereocenters. The van der Waals surface area contributed by atoms with Crippen LogP contribution in [0.3, 0.4) is 0 Å². The monoisotopic (exact) mass is 244 g/mol. The molecule has 1 saturated carbocycles. The fraction of sp³-hybridized carbons (Fsp3) is 1.00. The lowest BCUT2D eigenvalue weighted by molar-refractivity contribution is 0.101. The van der Waals surface area contributed by atoms with Crippen molar-refractivity contribution >= 4 is 0 Å². The van der Waals surface area contributed by atoms with Crippen LogP contribution in [-0.2, 0) is 4.74 Å². The molecule has 1 aliphatic carbocycles. The SMILES string of the molecule is COCCN(CCO)CC(C)(C)CNC1CC1. The summed E-state index contributed by atoms with van der Waals surface area (Å²) in [6.07, 6.45) is 2.67. The lowest BCUT2D eigenvalue weighted by Crippen LogP contribution is -2.43. The predicted octanol–water partition coefficient (Wildman–Crippen LogP) is 0.705. The van der Waals surface area contributed by atoms with Crippen molar-refractivity contribution in [2.45, 2.75) is 32.7 Å². The molecule has 4 heteroatoms. The van der Waals surface area contributed by atoms with Gasteiger partial charge in [-0.2, -0.15) is 0 Å². The lowest BCUT2D eigenvalue weighted by atomic mass is 9.92. The number of hydrogen-bond acceptors (Lipinski definition) is 4. The maximum Gasteiger partial charge on any atom is 0.0589 e. The number of nitrogens with one attached hydrogen (secondary N) is 1. The first-order valence-electron chi connectivity index (χ1n) is 6.63. The molecule has 0 amide bonds. The van der Waals surface area contributed by atoms with E-state index in [2.05, 4.69) is 24.1 Å². The van der Waals surface area contributed by atoms with Gasteiger partial charge in [0.15, 0.2) is 0 Å². The Hall–Kier alpha value is -0.160. The second-order valence-electron chi connectivity index (χ2n) is 5.81.